The normalized spacial score (nSPS) is 11.9. The van der Waals surface area contributed by atoms with Gasteiger partial charge in [0.05, 0.1) is 0 Å². The molecule has 0 radical (unpaired) electrons. The molecule has 0 bridgehead atoms. The number of carbonyl (C=O) groups excluding carboxylic acids is 2. The summed E-state index contributed by atoms with van der Waals surface area (Å²) in [6.45, 7) is 4.22. The van der Waals surface area contributed by atoms with Crippen LogP contribution in [0.1, 0.15) is 232 Å². The summed E-state index contributed by atoms with van der Waals surface area (Å²) in [6, 6.07) is 0. The Bertz CT molecular complexity index is 697. The van der Waals surface area contributed by atoms with Crippen LogP contribution in [0.2, 0.25) is 0 Å². The van der Waals surface area contributed by atoms with E-state index in [-0.39, 0.29) is 24.5 Å². The number of carbonyl (C=O) groups is 3. The van der Waals surface area contributed by atoms with Crippen molar-refractivity contribution in [1.29, 1.82) is 0 Å². The molecule has 0 heterocycles. The Morgan fingerprint density at radius 2 is 0.787 bits per heavy atom. The summed E-state index contributed by atoms with van der Waals surface area (Å²) in [6.07, 6.45) is 41.0. The van der Waals surface area contributed by atoms with Crippen molar-refractivity contribution in [2.24, 2.45) is 0 Å². The van der Waals surface area contributed by atoms with E-state index in [1.807, 2.05) is 0 Å². The lowest BCUT2D eigenvalue weighted by Crippen LogP contribution is -2.28. The Morgan fingerprint density at radius 3 is 1.15 bits per heavy atom. The second-order valence-corrected chi connectivity index (χ2v) is 14.3. The molecule has 2 N–H and O–H groups in total. The highest BCUT2D eigenvalue weighted by atomic mass is 16.5. The van der Waals surface area contributed by atoms with E-state index in [1.54, 1.807) is 0 Å². The zero-order valence-electron chi connectivity index (χ0n) is 31.4. The number of unbranched alkanes of at least 4 members (excludes halogenated alkanes) is 27. The van der Waals surface area contributed by atoms with Gasteiger partial charge in [0.1, 0.15) is 12.6 Å². The van der Waals surface area contributed by atoms with Gasteiger partial charge in [-0.3, -0.25) is 14.4 Å². The van der Waals surface area contributed by atoms with Gasteiger partial charge in [0.2, 0.25) is 5.91 Å². The van der Waals surface area contributed by atoms with Crippen LogP contribution in [-0.2, 0) is 19.1 Å². The van der Waals surface area contributed by atoms with Crippen molar-refractivity contribution in [3.63, 3.8) is 0 Å². The minimum atomic E-state index is -1.01. The number of aliphatic carboxylic acids is 1. The second kappa shape index (κ2) is 37.2. The van der Waals surface area contributed by atoms with E-state index in [1.165, 1.54) is 141 Å². The third kappa shape index (κ3) is 37.1. The van der Waals surface area contributed by atoms with Gasteiger partial charge in [-0.1, -0.05) is 181 Å². The van der Waals surface area contributed by atoms with Crippen LogP contribution in [0, 0.1) is 0 Å². The zero-order chi connectivity index (χ0) is 34.5. The van der Waals surface area contributed by atoms with E-state index in [0.29, 0.717) is 12.8 Å². The summed E-state index contributed by atoms with van der Waals surface area (Å²) >= 11 is 0. The number of nitrogens with one attached hydrogen (secondary N) is 1. The van der Waals surface area contributed by atoms with Crippen molar-refractivity contribution in [3.05, 3.63) is 0 Å². The average Bonchev–Trinajstić information content (AvgIpc) is 3.05. The molecule has 0 spiro atoms. The Balaban J connectivity index is 3.86. The number of hydrogen-bond acceptors (Lipinski definition) is 4. The van der Waals surface area contributed by atoms with Crippen LogP contribution in [-0.4, -0.2) is 35.6 Å². The maximum atomic E-state index is 12.6. The largest absolute Gasteiger partial charge is 0.480 e. The summed E-state index contributed by atoms with van der Waals surface area (Å²) in [4.78, 5) is 34.8. The first-order valence-corrected chi connectivity index (χ1v) is 20.7. The highest BCUT2D eigenvalue weighted by Gasteiger charge is 2.14. The van der Waals surface area contributed by atoms with Crippen molar-refractivity contribution in [1.82, 2.24) is 5.32 Å². The lowest BCUT2D eigenvalue weighted by Gasteiger charge is -2.18. The highest BCUT2D eigenvalue weighted by Crippen LogP contribution is 2.19. The molecule has 278 valence electrons. The number of amides is 1. The molecule has 6 nitrogen and oxygen atoms in total. The van der Waals surface area contributed by atoms with Crippen LogP contribution in [0.3, 0.4) is 0 Å². The number of rotatable bonds is 38. The van der Waals surface area contributed by atoms with Gasteiger partial charge < -0.3 is 15.2 Å². The standard InChI is InChI=1S/C41H79NO5/c1-3-5-7-9-11-12-13-14-15-16-17-18-19-20-21-22-23-28-32-36-41(46)47-38(33-29-25-10-8-6-4-2)34-30-26-24-27-31-35-39(43)42-37-40(44)45/h38H,3-37H2,1-2H3,(H,42,43)(H,44,45). The molecule has 0 saturated heterocycles. The molecule has 1 unspecified atom stereocenters. The topological polar surface area (TPSA) is 92.7 Å². The number of hydrogen-bond donors (Lipinski definition) is 2. The smallest absolute Gasteiger partial charge is 0.322 e. The molecule has 0 aromatic heterocycles. The molecule has 0 fully saturated rings. The minimum Gasteiger partial charge on any atom is -0.480 e. The number of ether oxygens (including phenoxy) is 1. The molecule has 1 atom stereocenters. The number of esters is 1. The summed E-state index contributed by atoms with van der Waals surface area (Å²) in [5.74, 6) is -1.22. The molecular formula is C41H79NO5. The lowest BCUT2D eigenvalue weighted by atomic mass is 10.0. The number of carboxylic acids is 1. The molecule has 0 aromatic rings. The van der Waals surface area contributed by atoms with Crippen molar-refractivity contribution in [3.8, 4) is 0 Å². The van der Waals surface area contributed by atoms with Crippen molar-refractivity contribution in [2.75, 3.05) is 6.54 Å². The summed E-state index contributed by atoms with van der Waals surface area (Å²) < 4.78 is 5.98. The molecule has 0 rings (SSSR count). The van der Waals surface area contributed by atoms with E-state index in [2.05, 4.69) is 19.2 Å². The Morgan fingerprint density at radius 1 is 0.468 bits per heavy atom. The first-order valence-electron chi connectivity index (χ1n) is 20.7. The van der Waals surface area contributed by atoms with Crippen LogP contribution in [0.15, 0.2) is 0 Å². The van der Waals surface area contributed by atoms with Gasteiger partial charge >= 0.3 is 11.9 Å². The first-order chi connectivity index (χ1) is 23.0. The summed E-state index contributed by atoms with van der Waals surface area (Å²) in [5, 5.41) is 11.1. The Labute approximate surface area is 291 Å². The third-order valence-corrected chi connectivity index (χ3v) is 9.53. The SMILES string of the molecule is CCCCCCCCCCCCCCCCCCCCCC(=O)OC(CCCCCCCC)CCCCCCCC(=O)NCC(=O)O. The van der Waals surface area contributed by atoms with Gasteiger partial charge in [0.25, 0.3) is 0 Å². The van der Waals surface area contributed by atoms with Crippen LogP contribution < -0.4 is 5.32 Å². The van der Waals surface area contributed by atoms with E-state index in [9.17, 15) is 14.4 Å². The van der Waals surface area contributed by atoms with Gasteiger partial charge in [-0.05, 0) is 38.5 Å². The third-order valence-electron chi connectivity index (χ3n) is 9.53. The minimum absolute atomic E-state index is 0.0136. The zero-order valence-corrected chi connectivity index (χ0v) is 31.4. The van der Waals surface area contributed by atoms with Crippen molar-refractivity contribution >= 4 is 17.8 Å². The predicted molar refractivity (Wildman–Crippen MR) is 199 cm³/mol. The van der Waals surface area contributed by atoms with Gasteiger partial charge in [0, 0.05) is 12.8 Å². The van der Waals surface area contributed by atoms with Crippen LogP contribution >= 0.6 is 0 Å². The first kappa shape index (κ1) is 45.4. The Kier molecular flexibility index (Phi) is 36.0. The molecule has 0 aliphatic heterocycles. The molecule has 0 aliphatic rings. The maximum Gasteiger partial charge on any atom is 0.322 e. The molecule has 0 aliphatic carbocycles. The predicted octanol–water partition coefficient (Wildman–Crippen LogP) is 12.4. The monoisotopic (exact) mass is 666 g/mol. The van der Waals surface area contributed by atoms with E-state index in [4.69, 9.17) is 9.84 Å². The summed E-state index contributed by atoms with van der Waals surface area (Å²) in [7, 11) is 0. The van der Waals surface area contributed by atoms with Crippen molar-refractivity contribution < 1.29 is 24.2 Å². The molecule has 0 aromatic carbocycles. The lowest BCUT2D eigenvalue weighted by molar-refractivity contribution is -0.150. The van der Waals surface area contributed by atoms with E-state index < -0.39 is 5.97 Å². The Hall–Kier alpha value is -1.59. The second-order valence-electron chi connectivity index (χ2n) is 14.3. The van der Waals surface area contributed by atoms with Gasteiger partial charge in [0.15, 0.2) is 0 Å². The number of carboxylic acid groups (broad SMARTS) is 1. The average molecular weight is 666 g/mol. The van der Waals surface area contributed by atoms with Crippen molar-refractivity contribution in [2.45, 2.75) is 238 Å². The fourth-order valence-corrected chi connectivity index (χ4v) is 6.46. The van der Waals surface area contributed by atoms with E-state index in [0.717, 1.165) is 64.2 Å². The van der Waals surface area contributed by atoms with Gasteiger partial charge in [-0.15, -0.1) is 0 Å². The van der Waals surface area contributed by atoms with Crippen LogP contribution in [0.4, 0.5) is 0 Å². The molecule has 6 heteroatoms. The molecule has 0 saturated carbocycles. The van der Waals surface area contributed by atoms with Gasteiger partial charge in [-0.2, -0.15) is 0 Å². The fourth-order valence-electron chi connectivity index (χ4n) is 6.46. The van der Waals surface area contributed by atoms with E-state index >= 15 is 0 Å². The maximum absolute atomic E-state index is 12.6. The molecular weight excluding hydrogens is 586 g/mol. The summed E-state index contributed by atoms with van der Waals surface area (Å²) in [5.41, 5.74) is 0. The molecule has 1 amide bonds. The van der Waals surface area contributed by atoms with Gasteiger partial charge in [-0.25, -0.2) is 0 Å². The van der Waals surface area contributed by atoms with Crippen LogP contribution in [0.5, 0.6) is 0 Å². The quantitative estimate of drug-likeness (QED) is 0.0506. The van der Waals surface area contributed by atoms with Crippen LogP contribution in [0.25, 0.3) is 0 Å². The molecule has 47 heavy (non-hydrogen) atoms. The fraction of sp³-hybridized carbons (Fsp3) is 0.927. The highest BCUT2D eigenvalue weighted by molar-refractivity contribution is 5.80.